The average Bonchev–Trinajstić information content (AvgIpc) is 2.71. The van der Waals surface area contributed by atoms with Crippen molar-refractivity contribution in [2.75, 3.05) is 6.54 Å². The molecule has 1 aromatic rings. The lowest BCUT2D eigenvalue weighted by Crippen LogP contribution is -2.48. The Morgan fingerprint density at radius 2 is 2.44 bits per heavy atom. The third-order valence-electron chi connectivity index (χ3n) is 3.77. The number of piperidine rings is 1. The first-order valence-corrected chi connectivity index (χ1v) is 6.66. The molecule has 1 amide bonds. The van der Waals surface area contributed by atoms with Gasteiger partial charge < -0.3 is 11.1 Å². The van der Waals surface area contributed by atoms with Gasteiger partial charge in [0.2, 0.25) is 5.91 Å². The zero-order chi connectivity index (χ0) is 13.1. The van der Waals surface area contributed by atoms with Crippen LogP contribution in [0.4, 0.5) is 0 Å². The van der Waals surface area contributed by atoms with Crippen molar-refractivity contribution in [3.63, 3.8) is 0 Å². The molecule has 5 heteroatoms. The molecule has 0 bridgehead atoms. The van der Waals surface area contributed by atoms with E-state index < -0.39 is 0 Å². The number of rotatable bonds is 4. The van der Waals surface area contributed by atoms with Crippen LogP contribution in [-0.4, -0.2) is 28.3 Å². The van der Waals surface area contributed by atoms with E-state index >= 15 is 0 Å². The molecule has 3 N–H and O–H groups in total. The van der Waals surface area contributed by atoms with E-state index in [4.69, 9.17) is 5.73 Å². The van der Waals surface area contributed by atoms with Gasteiger partial charge in [0.1, 0.15) is 0 Å². The fraction of sp³-hybridized carbons (Fsp3) is 0.692. The Bertz CT molecular complexity index is 427. The molecule has 5 nitrogen and oxygen atoms in total. The highest BCUT2D eigenvalue weighted by atomic mass is 16.1. The van der Waals surface area contributed by atoms with E-state index in [0.717, 1.165) is 43.6 Å². The van der Waals surface area contributed by atoms with Gasteiger partial charge in [-0.25, -0.2) is 0 Å². The Morgan fingerprint density at radius 3 is 3.06 bits per heavy atom. The molecule has 0 aliphatic carbocycles. The van der Waals surface area contributed by atoms with Crippen molar-refractivity contribution in [1.29, 1.82) is 0 Å². The van der Waals surface area contributed by atoms with E-state index in [1.54, 1.807) is 0 Å². The van der Waals surface area contributed by atoms with Crippen LogP contribution in [0.3, 0.4) is 0 Å². The molecule has 2 atom stereocenters. The SMILES string of the molecule is CCc1cc(CC2NCCCC2C(N)=O)n(C)n1. The Balaban J connectivity index is 2.10. The summed E-state index contributed by atoms with van der Waals surface area (Å²) < 4.78 is 1.91. The quantitative estimate of drug-likeness (QED) is 0.811. The summed E-state index contributed by atoms with van der Waals surface area (Å²) in [6.45, 7) is 3.06. The lowest BCUT2D eigenvalue weighted by Gasteiger charge is -2.30. The minimum atomic E-state index is -0.190. The number of nitrogens with two attached hydrogens (primary N) is 1. The Kier molecular flexibility index (Phi) is 4.01. The fourth-order valence-electron chi connectivity index (χ4n) is 2.67. The third-order valence-corrected chi connectivity index (χ3v) is 3.77. The maximum atomic E-state index is 11.5. The number of carbonyl (C=O) groups is 1. The van der Waals surface area contributed by atoms with Gasteiger partial charge in [-0.3, -0.25) is 9.48 Å². The van der Waals surface area contributed by atoms with Crippen molar-refractivity contribution in [3.8, 4) is 0 Å². The Labute approximate surface area is 108 Å². The highest BCUT2D eigenvalue weighted by Gasteiger charge is 2.29. The zero-order valence-corrected chi connectivity index (χ0v) is 11.1. The van der Waals surface area contributed by atoms with Gasteiger partial charge in [-0.15, -0.1) is 0 Å². The van der Waals surface area contributed by atoms with Crippen LogP contribution >= 0.6 is 0 Å². The number of carbonyl (C=O) groups excluding carboxylic acids is 1. The van der Waals surface area contributed by atoms with Gasteiger partial charge in [-0.2, -0.15) is 5.10 Å². The maximum Gasteiger partial charge on any atom is 0.222 e. The van der Waals surface area contributed by atoms with Crippen LogP contribution in [0, 0.1) is 5.92 Å². The van der Waals surface area contributed by atoms with Crippen molar-refractivity contribution in [2.24, 2.45) is 18.7 Å². The predicted octanol–water partition coefficient (Wildman–Crippen LogP) is 0.379. The van der Waals surface area contributed by atoms with Gasteiger partial charge in [0.25, 0.3) is 0 Å². The molecule has 1 aliphatic rings. The second-order valence-electron chi connectivity index (χ2n) is 5.02. The first-order chi connectivity index (χ1) is 8.61. The monoisotopic (exact) mass is 250 g/mol. The largest absolute Gasteiger partial charge is 0.369 e. The molecule has 0 aromatic carbocycles. The van der Waals surface area contributed by atoms with Crippen molar-refractivity contribution in [3.05, 3.63) is 17.5 Å². The van der Waals surface area contributed by atoms with Gasteiger partial charge in [0, 0.05) is 25.2 Å². The van der Waals surface area contributed by atoms with E-state index in [9.17, 15) is 4.79 Å². The summed E-state index contributed by atoms with van der Waals surface area (Å²) in [7, 11) is 1.95. The summed E-state index contributed by atoms with van der Waals surface area (Å²) in [5.74, 6) is -0.246. The van der Waals surface area contributed by atoms with Crippen LogP contribution in [-0.2, 0) is 24.7 Å². The van der Waals surface area contributed by atoms with E-state index in [1.807, 2.05) is 11.7 Å². The van der Waals surface area contributed by atoms with Gasteiger partial charge in [0.15, 0.2) is 0 Å². The number of aromatic nitrogens is 2. The number of nitrogens with one attached hydrogen (secondary N) is 1. The molecule has 18 heavy (non-hydrogen) atoms. The van der Waals surface area contributed by atoms with Crippen molar-refractivity contribution >= 4 is 5.91 Å². The van der Waals surface area contributed by atoms with E-state index in [0.29, 0.717) is 0 Å². The number of hydrogen-bond acceptors (Lipinski definition) is 3. The highest BCUT2D eigenvalue weighted by Crippen LogP contribution is 2.20. The molecule has 2 unspecified atom stereocenters. The van der Waals surface area contributed by atoms with Crippen LogP contribution in [0.25, 0.3) is 0 Å². The molecule has 1 saturated heterocycles. The number of amides is 1. The van der Waals surface area contributed by atoms with Crippen LogP contribution in [0.2, 0.25) is 0 Å². The normalized spacial score (nSPS) is 24.1. The lowest BCUT2D eigenvalue weighted by molar-refractivity contribution is -0.123. The molecule has 0 radical (unpaired) electrons. The standard InChI is InChI=1S/C13H22N4O/c1-3-9-7-10(17(2)16-9)8-12-11(13(14)18)5-4-6-15-12/h7,11-12,15H,3-6,8H2,1-2H3,(H2,14,18). The van der Waals surface area contributed by atoms with Gasteiger partial charge >= 0.3 is 0 Å². The van der Waals surface area contributed by atoms with Crippen molar-refractivity contribution in [2.45, 2.75) is 38.6 Å². The molecule has 1 aliphatic heterocycles. The molecule has 2 heterocycles. The summed E-state index contributed by atoms with van der Waals surface area (Å²) in [6, 6.07) is 2.27. The molecule has 1 fully saturated rings. The predicted molar refractivity (Wildman–Crippen MR) is 70.0 cm³/mol. The van der Waals surface area contributed by atoms with Crippen LogP contribution in [0.5, 0.6) is 0 Å². The molecular weight excluding hydrogens is 228 g/mol. The first-order valence-electron chi connectivity index (χ1n) is 6.66. The number of primary amides is 1. The second kappa shape index (κ2) is 5.52. The summed E-state index contributed by atoms with van der Waals surface area (Å²) >= 11 is 0. The molecule has 100 valence electrons. The molecule has 0 spiro atoms. The third kappa shape index (κ3) is 2.72. The molecule has 1 aromatic heterocycles. The molecular formula is C13H22N4O. The van der Waals surface area contributed by atoms with E-state index in [2.05, 4.69) is 23.4 Å². The van der Waals surface area contributed by atoms with Gasteiger partial charge in [-0.05, 0) is 31.9 Å². The van der Waals surface area contributed by atoms with Gasteiger partial charge in [0.05, 0.1) is 11.6 Å². The van der Waals surface area contributed by atoms with E-state index in [-0.39, 0.29) is 17.9 Å². The highest BCUT2D eigenvalue weighted by molar-refractivity contribution is 5.77. The van der Waals surface area contributed by atoms with E-state index in [1.165, 1.54) is 0 Å². The molecule has 2 rings (SSSR count). The van der Waals surface area contributed by atoms with Crippen molar-refractivity contribution in [1.82, 2.24) is 15.1 Å². The average molecular weight is 250 g/mol. The first kappa shape index (κ1) is 13.1. The number of aryl methyl sites for hydroxylation is 2. The van der Waals surface area contributed by atoms with Crippen LogP contribution in [0.1, 0.15) is 31.2 Å². The van der Waals surface area contributed by atoms with Crippen molar-refractivity contribution < 1.29 is 4.79 Å². The topological polar surface area (TPSA) is 72.9 Å². The zero-order valence-electron chi connectivity index (χ0n) is 11.1. The summed E-state index contributed by atoms with van der Waals surface area (Å²) in [4.78, 5) is 11.5. The fourth-order valence-corrected chi connectivity index (χ4v) is 2.67. The summed E-state index contributed by atoms with van der Waals surface area (Å²) in [6.07, 6.45) is 3.67. The van der Waals surface area contributed by atoms with Crippen LogP contribution < -0.4 is 11.1 Å². The minimum Gasteiger partial charge on any atom is -0.369 e. The van der Waals surface area contributed by atoms with Gasteiger partial charge in [-0.1, -0.05) is 6.92 Å². The molecule has 0 saturated carbocycles. The Morgan fingerprint density at radius 1 is 1.67 bits per heavy atom. The number of hydrogen-bond donors (Lipinski definition) is 2. The minimum absolute atomic E-state index is 0.0567. The number of nitrogens with zero attached hydrogens (tertiary/aromatic N) is 2. The second-order valence-corrected chi connectivity index (χ2v) is 5.02. The van der Waals surface area contributed by atoms with Crippen LogP contribution in [0.15, 0.2) is 6.07 Å². The smallest absolute Gasteiger partial charge is 0.222 e. The summed E-state index contributed by atoms with van der Waals surface area (Å²) in [5, 5.41) is 7.85. The Hall–Kier alpha value is -1.36. The maximum absolute atomic E-state index is 11.5. The summed E-state index contributed by atoms with van der Waals surface area (Å²) in [5.41, 5.74) is 7.74. The lowest BCUT2D eigenvalue weighted by atomic mass is 9.87.